The molecule has 3 rings (SSSR count). The number of allylic oxidation sites excluding steroid dienone is 5. The Kier molecular flexibility index (Phi) is 13.0. The smallest absolute Gasteiger partial charge is 0.293 e. The molecule has 0 amide bonds. The normalized spacial score (nSPS) is 17.8. The molecule has 0 fully saturated rings. The van der Waals surface area contributed by atoms with Gasteiger partial charge in [-0.25, -0.2) is 4.39 Å². The lowest BCUT2D eigenvalue weighted by Crippen LogP contribution is -2.32. The zero-order valence-electron chi connectivity index (χ0n) is 21.2. The van der Waals surface area contributed by atoms with Crippen molar-refractivity contribution < 1.29 is 18.7 Å². The van der Waals surface area contributed by atoms with E-state index < -0.39 is 0 Å². The van der Waals surface area contributed by atoms with Crippen molar-refractivity contribution in [2.75, 3.05) is 25.5 Å². The molecule has 4 N–H and O–H groups in total. The second kappa shape index (κ2) is 16.5. The van der Waals surface area contributed by atoms with Crippen molar-refractivity contribution >= 4 is 29.9 Å². The molecule has 0 saturated carbocycles. The molecular formula is C28H34FN5O3. The molecule has 2 aromatic rings. The average Bonchev–Trinajstić information content (AvgIpc) is 2.88. The number of aldehydes is 1. The number of hydrogen-bond donors (Lipinski definition) is 3. The minimum Gasteiger partial charge on any atom is -0.461 e. The third kappa shape index (κ3) is 10.2. The zero-order chi connectivity index (χ0) is 26.9. The van der Waals surface area contributed by atoms with Gasteiger partial charge >= 0.3 is 0 Å². The van der Waals surface area contributed by atoms with Crippen molar-refractivity contribution in [3.63, 3.8) is 0 Å². The molecule has 1 aromatic carbocycles. The number of carbonyl (C=O) groups is 2. The van der Waals surface area contributed by atoms with E-state index in [1.807, 2.05) is 42.5 Å². The summed E-state index contributed by atoms with van der Waals surface area (Å²) in [5.41, 5.74) is 9.82. The number of carbonyl (C=O) groups excluding carboxylic acids is 2. The van der Waals surface area contributed by atoms with Crippen molar-refractivity contribution in [2.24, 2.45) is 10.7 Å². The van der Waals surface area contributed by atoms with E-state index in [0.29, 0.717) is 43.2 Å². The van der Waals surface area contributed by atoms with E-state index >= 15 is 0 Å². The van der Waals surface area contributed by atoms with Crippen LogP contribution >= 0.6 is 0 Å². The van der Waals surface area contributed by atoms with Crippen LogP contribution < -0.4 is 16.4 Å². The molecular weight excluding hydrogens is 473 g/mol. The van der Waals surface area contributed by atoms with Crippen LogP contribution in [0.3, 0.4) is 0 Å². The molecule has 1 unspecified atom stereocenters. The second-order valence-electron chi connectivity index (χ2n) is 8.00. The molecule has 0 saturated heterocycles. The van der Waals surface area contributed by atoms with E-state index in [1.165, 1.54) is 13.0 Å². The molecule has 0 spiro atoms. The van der Waals surface area contributed by atoms with Crippen LogP contribution in [-0.2, 0) is 20.9 Å². The Labute approximate surface area is 217 Å². The first-order valence-corrected chi connectivity index (χ1v) is 12.0. The van der Waals surface area contributed by atoms with Crippen LogP contribution in [0.4, 0.5) is 10.1 Å². The van der Waals surface area contributed by atoms with Gasteiger partial charge in [-0.3, -0.25) is 14.8 Å². The van der Waals surface area contributed by atoms with E-state index in [-0.39, 0.29) is 11.9 Å². The number of likely N-dealkylation sites (N-methyl/N-ethyl adjacent to an activating group) is 1. The third-order valence-electron chi connectivity index (χ3n) is 5.30. The largest absolute Gasteiger partial charge is 0.461 e. The Morgan fingerprint density at radius 2 is 2.05 bits per heavy atom. The second-order valence-corrected chi connectivity index (χ2v) is 8.00. The number of nitrogens with one attached hydrogen (secondary N) is 2. The number of benzene rings is 1. The van der Waals surface area contributed by atoms with Gasteiger partial charge in [0.15, 0.2) is 0 Å². The van der Waals surface area contributed by atoms with Crippen LogP contribution in [0.5, 0.6) is 0 Å². The number of pyridine rings is 1. The summed E-state index contributed by atoms with van der Waals surface area (Å²) in [5, 5.41) is 6.06. The van der Waals surface area contributed by atoms with Crippen LogP contribution in [0, 0.1) is 5.82 Å². The van der Waals surface area contributed by atoms with Gasteiger partial charge in [0, 0.05) is 24.0 Å². The fourth-order valence-corrected chi connectivity index (χ4v) is 3.50. The van der Waals surface area contributed by atoms with Gasteiger partial charge in [0.05, 0.1) is 18.8 Å². The molecule has 0 radical (unpaired) electrons. The number of amidine groups is 1. The number of anilines is 1. The highest BCUT2D eigenvalue weighted by Gasteiger charge is 2.11. The topological polar surface area (TPSA) is 119 Å². The minimum absolute atomic E-state index is 0.352. The predicted molar refractivity (Wildman–Crippen MR) is 145 cm³/mol. The van der Waals surface area contributed by atoms with Gasteiger partial charge in [-0.2, -0.15) is 0 Å². The van der Waals surface area contributed by atoms with E-state index in [0.717, 1.165) is 36.0 Å². The molecule has 9 heteroatoms. The molecule has 1 aliphatic carbocycles. The van der Waals surface area contributed by atoms with Crippen LogP contribution in [0.1, 0.15) is 31.0 Å². The van der Waals surface area contributed by atoms with Gasteiger partial charge in [0.2, 0.25) is 0 Å². The van der Waals surface area contributed by atoms with Gasteiger partial charge in [0.25, 0.3) is 6.47 Å². The molecule has 37 heavy (non-hydrogen) atoms. The van der Waals surface area contributed by atoms with Crippen LogP contribution in [-0.4, -0.2) is 49.8 Å². The number of nitrogens with zero attached hydrogens (tertiary/aromatic N) is 2. The highest BCUT2D eigenvalue weighted by Crippen LogP contribution is 2.25. The van der Waals surface area contributed by atoms with Crippen molar-refractivity contribution in [3.8, 4) is 0 Å². The van der Waals surface area contributed by atoms with E-state index in [2.05, 4.69) is 20.6 Å². The number of ether oxygens (including phenoxy) is 1. The molecule has 0 aliphatic heterocycles. The van der Waals surface area contributed by atoms with Gasteiger partial charge < -0.3 is 25.9 Å². The van der Waals surface area contributed by atoms with Crippen molar-refractivity contribution in [1.82, 2.24) is 10.3 Å². The summed E-state index contributed by atoms with van der Waals surface area (Å²) in [6.07, 6.45) is 11.3. The van der Waals surface area contributed by atoms with E-state index in [9.17, 15) is 9.18 Å². The summed E-state index contributed by atoms with van der Waals surface area (Å²) in [4.78, 5) is 28.2. The lowest BCUT2D eigenvalue weighted by molar-refractivity contribution is -0.132. The molecule has 1 heterocycles. The van der Waals surface area contributed by atoms with Crippen LogP contribution in [0.2, 0.25) is 0 Å². The third-order valence-corrected chi connectivity index (χ3v) is 5.30. The van der Waals surface area contributed by atoms with Gasteiger partial charge in [-0.1, -0.05) is 30.4 Å². The lowest BCUT2D eigenvalue weighted by atomic mass is 9.98. The van der Waals surface area contributed by atoms with Crippen molar-refractivity contribution in [1.29, 1.82) is 0 Å². The Bertz CT molecular complexity index is 1130. The maximum Gasteiger partial charge on any atom is 0.293 e. The Morgan fingerprint density at radius 3 is 2.73 bits per heavy atom. The number of rotatable bonds is 11. The van der Waals surface area contributed by atoms with Gasteiger partial charge in [0.1, 0.15) is 24.0 Å². The minimum atomic E-state index is -0.352. The Balaban J connectivity index is 0.00000153. The van der Waals surface area contributed by atoms with E-state index in [4.69, 9.17) is 15.3 Å². The Hall–Kier alpha value is -4.11. The van der Waals surface area contributed by atoms with Gasteiger partial charge in [-0.15, -0.1) is 0 Å². The number of halogens is 1. The SMILES string of the molecule is CC=O.CNCC(CNc1ccc(C2=C/C=C(/C(N)=NCc3ccccn3)CC/C=C\2)c(F)c1)OC=O. The monoisotopic (exact) mass is 507 g/mol. The fraction of sp³-hybridized carbons (Fsp3) is 0.286. The number of hydrogen-bond acceptors (Lipinski definition) is 7. The van der Waals surface area contributed by atoms with Crippen molar-refractivity contribution in [2.45, 2.75) is 32.4 Å². The molecule has 1 aromatic heterocycles. The summed E-state index contributed by atoms with van der Waals surface area (Å²) >= 11 is 0. The fourth-order valence-electron chi connectivity index (χ4n) is 3.50. The zero-order valence-corrected chi connectivity index (χ0v) is 21.2. The first-order chi connectivity index (χ1) is 18.0. The average molecular weight is 508 g/mol. The Morgan fingerprint density at radius 1 is 1.24 bits per heavy atom. The maximum absolute atomic E-state index is 15.0. The van der Waals surface area contributed by atoms with Crippen LogP contribution in [0.15, 0.2) is 77.5 Å². The van der Waals surface area contributed by atoms with Crippen LogP contribution in [0.25, 0.3) is 5.57 Å². The van der Waals surface area contributed by atoms with Gasteiger partial charge in [-0.05, 0) is 68.3 Å². The molecule has 1 aliphatic rings. The molecule has 0 bridgehead atoms. The number of aromatic nitrogens is 1. The summed E-state index contributed by atoms with van der Waals surface area (Å²) < 4.78 is 20.0. The number of aliphatic imine (C=N–C) groups is 1. The quantitative estimate of drug-likeness (QED) is 0.240. The maximum atomic E-state index is 15.0. The molecule has 8 nitrogen and oxygen atoms in total. The summed E-state index contributed by atoms with van der Waals surface area (Å²) in [6.45, 7) is 3.13. The van der Waals surface area contributed by atoms with E-state index in [1.54, 1.807) is 25.4 Å². The molecule has 1 atom stereocenters. The standard InChI is InChI=1S/C26H30FN5O2.C2H4O/c1-29-16-23(34-18-33)17-31-21-11-12-24(25(27)14-21)19-6-2-3-7-20(10-9-19)26(28)32-15-22-8-4-5-13-30-22;1-2-3/h2,4-6,8-14,18,23,29,31H,3,7,15-17H2,1H3,(H2,28,32);2H,1H3/b6-2-,19-9+,20-10+;. The lowest BCUT2D eigenvalue weighted by Gasteiger charge is -2.17. The number of nitrogens with two attached hydrogens (primary N) is 1. The highest BCUT2D eigenvalue weighted by molar-refractivity contribution is 5.97. The summed E-state index contributed by atoms with van der Waals surface area (Å²) in [7, 11) is 1.77. The molecule has 196 valence electrons. The summed E-state index contributed by atoms with van der Waals surface area (Å²) in [6, 6.07) is 10.6. The first kappa shape index (κ1) is 29.1. The van der Waals surface area contributed by atoms with Crippen molar-refractivity contribution in [3.05, 3.63) is 89.5 Å². The highest BCUT2D eigenvalue weighted by atomic mass is 19.1. The first-order valence-electron chi connectivity index (χ1n) is 12.0. The summed E-state index contributed by atoms with van der Waals surface area (Å²) in [5.74, 6) is 0.111. The predicted octanol–water partition coefficient (Wildman–Crippen LogP) is 3.82.